The molecule has 2 unspecified atom stereocenters. The Morgan fingerprint density at radius 3 is 2.80 bits per heavy atom. The number of hydrogen-bond donors (Lipinski definition) is 1. The van der Waals surface area contributed by atoms with E-state index >= 15 is 0 Å². The highest BCUT2D eigenvalue weighted by Gasteiger charge is 2.29. The summed E-state index contributed by atoms with van der Waals surface area (Å²) in [4.78, 5) is 2.35. The molecule has 1 heterocycles. The van der Waals surface area contributed by atoms with Crippen LogP contribution in [0.25, 0.3) is 0 Å². The van der Waals surface area contributed by atoms with Crippen LogP contribution in [0.2, 0.25) is 0 Å². The summed E-state index contributed by atoms with van der Waals surface area (Å²) in [5.41, 5.74) is 0. The van der Waals surface area contributed by atoms with Gasteiger partial charge in [-0.15, -0.1) is 0 Å². The van der Waals surface area contributed by atoms with Gasteiger partial charge < -0.3 is 9.84 Å². The zero-order valence-corrected chi connectivity index (χ0v) is 10.3. The van der Waals surface area contributed by atoms with E-state index in [-0.39, 0.29) is 6.61 Å². The lowest BCUT2D eigenvalue weighted by molar-refractivity contribution is 0.0668. The summed E-state index contributed by atoms with van der Waals surface area (Å²) in [6.45, 7) is 10.5. The predicted molar refractivity (Wildman–Crippen MR) is 61.9 cm³/mol. The van der Waals surface area contributed by atoms with E-state index < -0.39 is 0 Å². The van der Waals surface area contributed by atoms with Crippen LogP contribution in [0.5, 0.6) is 0 Å². The van der Waals surface area contributed by atoms with Crippen molar-refractivity contribution < 1.29 is 9.84 Å². The summed E-state index contributed by atoms with van der Waals surface area (Å²) < 4.78 is 5.56. The van der Waals surface area contributed by atoms with E-state index in [1.807, 2.05) is 0 Å². The van der Waals surface area contributed by atoms with Crippen LogP contribution in [0.3, 0.4) is 0 Å². The number of ether oxygens (including phenoxy) is 1. The van der Waals surface area contributed by atoms with Crippen LogP contribution in [-0.4, -0.2) is 49.0 Å². The van der Waals surface area contributed by atoms with E-state index in [0.717, 1.165) is 26.3 Å². The average Bonchev–Trinajstić information content (AvgIpc) is 2.53. The fraction of sp³-hybridized carbons (Fsp3) is 1.00. The first-order valence-corrected chi connectivity index (χ1v) is 6.07. The van der Waals surface area contributed by atoms with Gasteiger partial charge in [0, 0.05) is 19.2 Å². The highest BCUT2D eigenvalue weighted by molar-refractivity contribution is 4.83. The molecule has 1 saturated heterocycles. The molecule has 0 radical (unpaired) electrons. The number of aliphatic hydroxyl groups is 1. The maximum Gasteiger partial charge on any atom is 0.0593 e. The minimum atomic E-state index is 0.283. The van der Waals surface area contributed by atoms with Crippen LogP contribution in [0, 0.1) is 11.8 Å². The first-order valence-electron chi connectivity index (χ1n) is 6.07. The molecule has 0 aliphatic carbocycles. The Bertz CT molecular complexity index is 173. The normalized spacial score (nSPS) is 27.8. The van der Waals surface area contributed by atoms with Crippen molar-refractivity contribution in [3.8, 4) is 0 Å². The molecule has 0 spiro atoms. The molecule has 0 saturated carbocycles. The van der Waals surface area contributed by atoms with Gasteiger partial charge in [-0.1, -0.05) is 20.8 Å². The fourth-order valence-electron chi connectivity index (χ4n) is 2.16. The van der Waals surface area contributed by atoms with Crippen LogP contribution in [-0.2, 0) is 4.74 Å². The molecule has 90 valence electrons. The molecule has 1 N–H and O–H groups in total. The van der Waals surface area contributed by atoms with Gasteiger partial charge in [-0.25, -0.2) is 0 Å². The molecule has 1 rings (SSSR count). The third kappa shape index (κ3) is 4.09. The van der Waals surface area contributed by atoms with Gasteiger partial charge in [0.2, 0.25) is 0 Å². The second kappa shape index (κ2) is 6.46. The van der Waals surface area contributed by atoms with Gasteiger partial charge >= 0.3 is 0 Å². The van der Waals surface area contributed by atoms with E-state index in [0.29, 0.717) is 17.9 Å². The molecular weight excluding hydrogens is 190 g/mol. The molecule has 15 heavy (non-hydrogen) atoms. The largest absolute Gasteiger partial charge is 0.395 e. The van der Waals surface area contributed by atoms with Crippen molar-refractivity contribution in [3.63, 3.8) is 0 Å². The first kappa shape index (κ1) is 12.9. The molecule has 2 atom stereocenters. The zero-order valence-electron chi connectivity index (χ0n) is 10.3. The monoisotopic (exact) mass is 215 g/mol. The molecule has 0 amide bonds. The molecule has 0 aromatic heterocycles. The van der Waals surface area contributed by atoms with Gasteiger partial charge in [0.15, 0.2) is 0 Å². The van der Waals surface area contributed by atoms with E-state index in [1.165, 1.54) is 6.42 Å². The third-order valence-electron chi connectivity index (χ3n) is 3.16. The van der Waals surface area contributed by atoms with Gasteiger partial charge in [-0.2, -0.15) is 0 Å². The summed E-state index contributed by atoms with van der Waals surface area (Å²) >= 11 is 0. The van der Waals surface area contributed by atoms with E-state index in [2.05, 4.69) is 25.7 Å². The smallest absolute Gasteiger partial charge is 0.0593 e. The van der Waals surface area contributed by atoms with Gasteiger partial charge in [-0.3, -0.25) is 4.90 Å². The lowest BCUT2D eigenvalue weighted by atomic mass is 10.0. The fourth-order valence-corrected chi connectivity index (χ4v) is 2.16. The SMILES string of the molecule is CC(C)COCCN1CCC(C)C1CO. The molecule has 3 nitrogen and oxygen atoms in total. The second-order valence-corrected chi connectivity index (χ2v) is 5.02. The second-order valence-electron chi connectivity index (χ2n) is 5.02. The van der Waals surface area contributed by atoms with Gasteiger partial charge in [0.25, 0.3) is 0 Å². The summed E-state index contributed by atoms with van der Waals surface area (Å²) in [6.07, 6.45) is 1.20. The molecule has 1 aliphatic rings. The quantitative estimate of drug-likeness (QED) is 0.679. The Morgan fingerprint density at radius 2 is 2.20 bits per heavy atom. The Labute approximate surface area is 93.4 Å². The van der Waals surface area contributed by atoms with Gasteiger partial charge in [0.05, 0.1) is 13.2 Å². The lowest BCUT2D eigenvalue weighted by Crippen LogP contribution is -2.37. The van der Waals surface area contributed by atoms with E-state index in [4.69, 9.17) is 4.74 Å². The molecule has 1 fully saturated rings. The summed E-state index contributed by atoms with van der Waals surface area (Å²) in [7, 11) is 0. The third-order valence-corrected chi connectivity index (χ3v) is 3.16. The number of hydrogen-bond acceptors (Lipinski definition) is 3. The minimum Gasteiger partial charge on any atom is -0.395 e. The Kier molecular flexibility index (Phi) is 5.58. The Hall–Kier alpha value is -0.120. The van der Waals surface area contributed by atoms with Crippen molar-refractivity contribution in [2.45, 2.75) is 33.2 Å². The van der Waals surface area contributed by atoms with Crippen molar-refractivity contribution in [1.82, 2.24) is 4.90 Å². The molecule has 0 bridgehead atoms. The summed E-state index contributed by atoms with van der Waals surface area (Å²) in [5.74, 6) is 1.23. The number of nitrogens with zero attached hydrogens (tertiary/aromatic N) is 1. The predicted octanol–water partition coefficient (Wildman–Crippen LogP) is 1.36. The number of rotatable bonds is 6. The highest BCUT2D eigenvalue weighted by Crippen LogP contribution is 2.22. The van der Waals surface area contributed by atoms with Crippen molar-refractivity contribution in [2.24, 2.45) is 11.8 Å². The topological polar surface area (TPSA) is 32.7 Å². The maximum absolute atomic E-state index is 9.27. The lowest BCUT2D eigenvalue weighted by Gasteiger charge is -2.24. The summed E-state index contributed by atoms with van der Waals surface area (Å²) in [6, 6.07) is 0.354. The Morgan fingerprint density at radius 1 is 1.47 bits per heavy atom. The summed E-state index contributed by atoms with van der Waals surface area (Å²) in [5, 5.41) is 9.27. The van der Waals surface area contributed by atoms with Crippen molar-refractivity contribution in [2.75, 3.05) is 32.9 Å². The van der Waals surface area contributed by atoms with Crippen molar-refractivity contribution >= 4 is 0 Å². The average molecular weight is 215 g/mol. The minimum absolute atomic E-state index is 0.283. The van der Waals surface area contributed by atoms with Gasteiger partial charge in [0.1, 0.15) is 0 Å². The molecule has 0 aromatic rings. The standard InChI is InChI=1S/C12H25NO2/c1-10(2)9-15-7-6-13-5-4-11(3)12(13)8-14/h10-12,14H,4-9H2,1-3H3. The van der Waals surface area contributed by atoms with E-state index in [9.17, 15) is 5.11 Å². The maximum atomic E-state index is 9.27. The van der Waals surface area contributed by atoms with Crippen LogP contribution in [0.15, 0.2) is 0 Å². The van der Waals surface area contributed by atoms with Crippen molar-refractivity contribution in [3.05, 3.63) is 0 Å². The van der Waals surface area contributed by atoms with Crippen molar-refractivity contribution in [1.29, 1.82) is 0 Å². The Balaban J connectivity index is 2.15. The molecule has 0 aromatic carbocycles. The van der Waals surface area contributed by atoms with Crippen LogP contribution in [0.4, 0.5) is 0 Å². The zero-order chi connectivity index (χ0) is 11.3. The van der Waals surface area contributed by atoms with E-state index in [1.54, 1.807) is 0 Å². The van der Waals surface area contributed by atoms with Crippen LogP contribution in [0.1, 0.15) is 27.2 Å². The number of likely N-dealkylation sites (tertiary alicyclic amines) is 1. The van der Waals surface area contributed by atoms with Gasteiger partial charge in [-0.05, 0) is 24.8 Å². The molecule has 3 heteroatoms. The van der Waals surface area contributed by atoms with Crippen LogP contribution >= 0.6 is 0 Å². The molecular formula is C12H25NO2. The van der Waals surface area contributed by atoms with Crippen LogP contribution < -0.4 is 0 Å². The molecule has 1 aliphatic heterocycles. The highest BCUT2D eigenvalue weighted by atomic mass is 16.5. The first-order chi connectivity index (χ1) is 7.15. The number of aliphatic hydroxyl groups excluding tert-OH is 1.